The van der Waals surface area contributed by atoms with Gasteiger partial charge in [-0.3, -0.25) is 4.90 Å². The molecule has 0 saturated carbocycles. The van der Waals surface area contributed by atoms with Crippen molar-refractivity contribution >= 4 is 24.3 Å². The second kappa shape index (κ2) is 6.31. The molecule has 1 aromatic carbocycles. The molecule has 1 aliphatic rings. The van der Waals surface area contributed by atoms with Gasteiger partial charge in [-0.1, -0.05) is 38.1 Å². The van der Waals surface area contributed by atoms with Crippen molar-refractivity contribution in [2.24, 2.45) is 0 Å². The molecular formula is C14H22BNO2S. The van der Waals surface area contributed by atoms with Crippen LogP contribution in [0.1, 0.15) is 25.8 Å². The zero-order valence-electron chi connectivity index (χ0n) is 11.7. The van der Waals surface area contributed by atoms with Gasteiger partial charge < -0.3 is 10.0 Å². The highest BCUT2D eigenvalue weighted by molar-refractivity contribution is 8.00. The van der Waals surface area contributed by atoms with Crippen LogP contribution >= 0.6 is 11.8 Å². The molecule has 0 spiro atoms. The van der Waals surface area contributed by atoms with E-state index in [0.717, 1.165) is 19.6 Å². The van der Waals surface area contributed by atoms with Gasteiger partial charge in [-0.15, -0.1) is 0 Å². The van der Waals surface area contributed by atoms with E-state index in [1.807, 2.05) is 12.1 Å². The van der Waals surface area contributed by atoms with Gasteiger partial charge in [0.25, 0.3) is 0 Å². The Labute approximate surface area is 120 Å². The van der Waals surface area contributed by atoms with Gasteiger partial charge in [0, 0.05) is 23.6 Å². The van der Waals surface area contributed by atoms with Crippen LogP contribution in [-0.2, 0) is 6.54 Å². The molecule has 0 aliphatic carbocycles. The summed E-state index contributed by atoms with van der Waals surface area (Å²) in [6.45, 7) is 7.83. The topological polar surface area (TPSA) is 43.7 Å². The smallest absolute Gasteiger partial charge is 0.423 e. The van der Waals surface area contributed by atoms with Crippen LogP contribution in [0.4, 0.5) is 0 Å². The van der Waals surface area contributed by atoms with Crippen molar-refractivity contribution in [2.45, 2.75) is 31.6 Å². The Kier molecular flexibility index (Phi) is 4.95. The Balaban J connectivity index is 1.93. The summed E-state index contributed by atoms with van der Waals surface area (Å²) in [4.78, 5) is 2.48. The minimum atomic E-state index is -1.37. The van der Waals surface area contributed by atoms with E-state index in [2.05, 4.69) is 30.5 Å². The second-order valence-corrected chi connectivity index (χ2v) is 7.55. The fraction of sp³-hybridized carbons (Fsp3) is 0.571. The van der Waals surface area contributed by atoms with Crippen LogP contribution < -0.4 is 5.46 Å². The van der Waals surface area contributed by atoms with Crippen molar-refractivity contribution < 1.29 is 10.0 Å². The first kappa shape index (κ1) is 14.9. The lowest BCUT2D eigenvalue weighted by molar-refractivity contribution is 0.276. The van der Waals surface area contributed by atoms with Gasteiger partial charge in [0.2, 0.25) is 0 Å². The van der Waals surface area contributed by atoms with Gasteiger partial charge in [0.15, 0.2) is 0 Å². The van der Waals surface area contributed by atoms with Crippen molar-refractivity contribution in [1.82, 2.24) is 4.90 Å². The normalized spacial score (nSPS) is 20.0. The van der Waals surface area contributed by atoms with Crippen LogP contribution in [0.5, 0.6) is 0 Å². The van der Waals surface area contributed by atoms with E-state index in [9.17, 15) is 0 Å². The summed E-state index contributed by atoms with van der Waals surface area (Å²) in [5.74, 6) is 1.18. The van der Waals surface area contributed by atoms with E-state index in [1.54, 1.807) is 12.1 Å². The molecule has 104 valence electrons. The molecule has 0 bridgehead atoms. The monoisotopic (exact) mass is 279 g/mol. The van der Waals surface area contributed by atoms with Gasteiger partial charge in [-0.2, -0.15) is 11.8 Å². The van der Waals surface area contributed by atoms with Gasteiger partial charge in [0.05, 0.1) is 0 Å². The lowest BCUT2D eigenvalue weighted by Gasteiger charge is -2.22. The molecule has 1 aliphatic heterocycles. The standard InChI is InChI=1S/C14H22BNO2S/c1-14(2)7-8-16(9-10-19-14)11-12-3-5-13(6-4-12)15(17)18/h3-6,17-18H,7-11H2,1-2H3. The van der Waals surface area contributed by atoms with Crippen molar-refractivity contribution in [3.8, 4) is 0 Å². The maximum Gasteiger partial charge on any atom is 0.488 e. The average molecular weight is 279 g/mol. The Bertz CT molecular complexity index is 408. The van der Waals surface area contributed by atoms with Crippen LogP contribution in [0.2, 0.25) is 0 Å². The zero-order valence-corrected chi connectivity index (χ0v) is 12.5. The predicted octanol–water partition coefficient (Wildman–Crippen LogP) is 1.08. The van der Waals surface area contributed by atoms with Crippen LogP contribution in [0.25, 0.3) is 0 Å². The molecule has 0 aromatic heterocycles. The minimum absolute atomic E-state index is 0.388. The number of hydrogen-bond acceptors (Lipinski definition) is 4. The Hall–Kier alpha value is -0.485. The molecule has 19 heavy (non-hydrogen) atoms. The molecule has 1 heterocycles. The first-order valence-electron chi connectivity index (χ1n) is 6.78. The highest BCUT2D eigenvalue weighted by atomic mass is 32.2. The summed E-state index contributed by atoms with van der Waals surface area (Å²) in [5, 5.41) is 18.1. The van der Waals surface area contributed by atoms with E-state index >= 15 is 0 Å². The maximum absolute atomic E-state index is 9.07. The highest BCUT2D eigenvalue weighted by Crippen LogP contribution is 2.30. The van der Waals surface area contributed by atoms with Gasteiger partial charge in [-0.25, -0.2) is 0 Å². The molecule has 1 aromatic rings. The Morgan fingerprint density at radius 1 is 1.21 bits per heavy atom. The van der Waals surface area contributed by atoms with Crippen LogP contribution in [-0.4, -0.2) is 45.7 Å². The third-order valence-electron chi connectivity index (χ3n) is 3.61. The van der Waals surface area contributed by atoms with Crippen molar-refractivity contribution in [1.29, 1.82) is 0 Å². The summed E-state index contributed by atoms with van der Waals surface area (Å²) >= 11 is 2.05. The minimum Gasteiger partial charge on any atom is -0.423 e. The Morgan fingerprint density at radius 3 is 2.53 bits per heavy atom. The molecule has 2 rings (SSSR count). The number of nitrogens with zero attached hydrogens (tertiary/aromatic N) is 1. The number of rotatable bonds is 3. The van der Waals surface area contributed by atoms with E-state index in [-0.39, 0.29) is 0 Å². The molecule has 0 unspecified atom stereocenters. The summed E-state index contributed by atoms with van der Waals surface area (Å²) in [6.07, 6.45) is 1.21. The first-order valence-corrected chi connectivity index (χ1v) is 7.76. The first-order chi connectivity index (χ1) is 8.96. The SMILES string of the molecule is CC1(C)CCN(Cc2ccc(B(O)O)cc2)CCS1. The predicted molar refractivity (Wildman–Crippen MR) is 82.7 cm³/mol. The lowest BCUT2D eigenvalue weighted by Crippen LogP contribution is -2.30. The number of thioether (sulfide) groups is 1. The molecule has 5 heteroatoms. The molecule has 1 saturated heterocycles. The van der Waals surface area contributed by atoms with Gasteiger partial charge in [0.1, 0.15) is 0 Å². The van der Waals surface area contributed by atoms with Gasteiger partial charge >= 0.3 is 7.12 Å². The number of hydrogen-bond donors (Lipinski definition) is 2. The van der Waals surface area contributed by atoms with Gasteiger partial charge in [-0.05, 0) is 24.0 Å². The fourth-order valence-corrected chi connectivity index (χ4v) is 3.41. The average Bonchev–Trinajstić information content (AvgIpc) is 2.52. The quantitative estimate of drug-likeness (QED) is 0.813. The van der Waals surface area contributed by atoms with Crippen LogP contribution in [0.15, 0.2) is 24.3 Å². The maximum atomic E-state index is 9.07. The van der Waals surface area contributed by atoms with E-state index in [0.29, 0.717) is 10.2 Å². The molecule has 0 radical (unpaired) electrons. The summed E-state index contributed by atoms with van der Waals surface area (Å²) in [6, 6.07) is 7.54. The molecule has 0 atom stereocenters. The van der Waals surface area contributed by atoms with Crippen LogP contribution in [0.3, 0.4) is 0 Å². The third-order valence-corrected chi connectivity index (χ3v) is 4.99. The summed E-state index contributed by atoms with van der Waals surface area (Å²) in [5.41, 5.74) is 1.78. The molecule has 3 nitrogen and oxygen atoms in total. The summed E-state index contributed by atoms with van der Waals surface area (Å²) < 4.78 is 0.388. The number of benzene rings is 1. The molecule has 0 amide bonds. The fourth-order valence-electron chi connectivity index (χ4n) is 2.27. The Morgan fingerprint density at radius 2 is 1.89 bits per heavy atom. The van der Waals surface area contributed by atoms with Crippen molar-refractivity contribution in [3.05, 3.63) is 29.8 Å². The lowest BCUT2D eigenvalue weighted by atomic mass is 9.80. The second-order valence-electron chi connectivity index (χ2n) is 5.75. The van der Waals surface area contributed by atoms with Crippen molar-refractivity contribution in [2.75, 3.05) is 18.8 Å². The molecule has 1 fully saturated rings. The largest absolute Gasteiger partial charge is 0.488 e. The van der Waals surface area contributed by atoms with Crippen LogP contribution in [0, 0.1) is 0 Å². The van der Waals surface area contributed by atoms with E-state index in [1.165, 1.54) is 17.7 Å². The van der Waals surface area contributed by atoms with Crippen molar-refractivity contribution in [3.63, 3.8) is 0 Å². The van der Waals surface area contributed by atoms with E-state index in [4.69, 9.17) is 10.0 Å². The molecular weight excluding hydrogens is 257 g/mol. The third kappa shape index (κ3) is 4.53. The zero-order chi connectivity index (χ0) is 13.9. The molecule has 2 N–H and O–H groups in total. The van der Waals surface area contributed by atoms with E-state index < -0.39 is 7.12 Å². The summed E-state index contributed by atoms with van der Waals surface area (Å²) in [7, 11) is -1.37. The highest BCUT2D eigenvalue weighted by Gasteiger charge is 2.23.